The molecule has 0 atom stereocenters. The van der Waals surface area contributed by atoms with E-state index in [9.17, 15) is 0 Å². The van der Waals surface area contributed by atoms with E-state index < -0.39 is 0 Å². The third-order valence-electron chi connectivity index (χ3n) is 0. The number of allylic oxidation sites excluding steroid dienone is 1. The molecule has 0 aromatic carbocycles. The van der Waals surface area contributed by atoms with Gasteiger partial charge in [-0.1, -0.05) is 0 Å². The van der Waals surface area contributed by atoms with Crippen LogP contribution in [-0.2, 0) is 22.4 Å². The molecule has 0 radical (unpaired) electrons. The zero-order valence-corrected chi connectivity index (χ0v) is 4.78. The molecule has 0 rings (SSSR count). The van der Waals surface area contributed by atoms with Crippen LogP contribution in [0.15, 0.2) is 12.7 Å². The zero-order valence-electron chi connectivity index (χ0n) is 3.29. The van der Waals surface area contributed by atoms with Crippen molar-refractivity contribution >= 4 is 0 Å². The fraction of sp³-hybridized carbons (Fsp3) is 0. The van der Waals surface area contributed by atoms with Crippen molar-refractivity contribution in [2.24, 2.45) is 0 Å². The number of hydrogen-bond acceptors (Lipinski definition) is 0. The summed E-state index contributed by atoms with van der Waals surface area (Å²) < 4.78 is 0. The van der Waals surface area contributed by atoms with E-state index in [0.717, 1.165) is 0 Å². The van der Waals surface area contributed by atoms with Crippen molar-refractivity contribution in [1.29, 1.82) is 0 Å². The molecule has 0 aliphatic carbocycles. The molecule has 0 spiro atoms. The molecule has 0 bridgehead atoms. The fourth-order valence-corrected chi connectivity index (χ4v) is 0. The zero-order chi connectivity index (χ0) is 2.71. The minimum atomic E-state index is 0. The van der Waals surface area contributed by atoms with Gasteiger partial charge in [0.1, 0.15) is 0 Å². The molecule has 0 fully saturated rings. The van der Waals surface area contributed by atoms with Crippen LogP contribution < -0.4 is 0 Å². The van der Waals surface area contributed by atoms with Gasteiger partial charge in [0.2, 0.25) is 0 Å². The predicted molar refractivity (Wildman–Crippen MR) is 22.0 cm³/mol. The van der Waals surface area contributed by atoms with Crippen LogP contribution >= 0.6 is 0 Å². The summed E-state index contributed by atoms with van der Waals surface area (Å²) in [6, 6.07) is 0. The maximum absolute atomic E-state index is 3.25. The fourth-order valence-electron chi connectivity index (χ4n) is 0. The Hall–Kier alpha value is 0.350. The van der Waals surface area contributed by atoms with Gasteiger partial charge < -0.3 is 7.43 Å². The standard InChI is InChI=1S/C3H5.CH3.Ag/c1-3-2;;/h3H,1-2H2;1H3;/q2*-1;+1. The first-order valence-corrected chi connectivity index (χ1v) is 0.816. The van der Waals surface area contributed by atoms with E-state index in [1.807, 2.05) is 0 Å². The smallest absolute Gasteiger partial charge is 0.358 e. The second kappa shape index (κ2) is 26.8. The SMILES string of the molecule is C=C[CH2-].[Ag+].[CH3-]. The van der Waals surface area contributed by atoms with E-state index in [1.54, 1.807) is 0 Å². The van der Waals surface area contributed by atoms with Crippen LogP contribution in [0.25, 0.3) is 0 Å². The predicted octanol–water partition coefficient (Wildman–Crippen LogP) is 1.45. The summed E-state index contributed by atoms with van der Waals surface area (Å²) in [6.07, 6.45) is 1.50. The molecule has 5 heavy (non-hydrogen) atoms. The summed E-state index contributed by atoms with van der Waals surface area (Å²) in [5.41, 5.74) is 0. The molecule has 0 heterocycles. The van der Waals surface area contributed by atoms with Crippen LogP contribution in [0, 0.1) is 14.4 Å². The Balaban J connectivity index is -0.0000000200. The van der Waals surface area contributed by atoms with Crippen LogP contribution in [-0.4, -0.2) is 0 Å². The molecule has 0 saturated heterocycles. The summed E-state index contributed by atoms with van der Waals surface area (Å²) in [6.45, 7) is 6.50. The Morgan fingerprint density at radius 2 is 1.60 bits per heavy atom. The third-order valence-corrected chi connectivity index (χ3v) is 0. The van der Waals surface area contributed by atoms with Crippen LogP contribution in [0.4, 0.5) is 0 Å². The maximum atomic E-state index is 3.25. The topological polar surface area (TPSA) is 0 Å². The van der Waals surface area contributed by atoms with E-state index in [-0.39, 0.29) is 29.8 Å². The molecule has 36 valence electrons. The number of hydrogen-bond donors (Lipinski definition) is 0. The Bertz CT molecular complexity index is 11.1. The van der Waals surface area contributed by atoms with Gasteiger partial charge in [-0.25, -0.2) is 19.6 Å². The molecule has 1 heteroatoms. The van der Waals surface area contributed by atoms with Crippen molar-refractivity contribution in [2.75, 3.05) is 0 Å². The van der Waals surface area contributed by atoms with Gasteiger partial charge in [0.25, 0.3) is 0 Å². The quantitative estimate of drug-likeness (QED) is 0.375. The van der Waals surface area contributed by atoms with Crippen LogP contribution in [0.1, 0.15) is 0 Å². The van der Waals surface area contributed by atoms with Gasteiger partial charge in [-0.15, -0.1) is 0 Å². The molecule has 0 nitrogen and oxygen atoms in total. The monoisotopic (exact) mass is 163 g/mol. The van der Waals surface area contributed by atoms with Crippen LogP contribution in [0.5, 0.6) is 0 Å². The van der Waals surface area contributed by atoms with Gasteiger partial charge in [-0.05, 0) is 0 Å². The molecule has 0 amide bonds. The largest absolute Gasteiger partial charge is 1.00 e. The van der Waals surface area contributed by atoms with Crippen LogP contribution in [0.3, 0.4) is 0 Å². The minimum Gasteiger partial charge on any atom is -0.358 e. The summed E-state index contributed by atoms with van der Waals surface area (Å²) in [7, 11) is 0. The van der Waals surface area contributed by atoms with E-state index >= 15 is 0 Å². The molecule has 0 aromatic heterocycles. The van der Waals surface area contributed by atoms with E-state index in [4.69, 9.17) is 0 Å². The van der Waals surface area contributed by atoms with Gasteiger partial charge >= 0.3 is 22.4 Å². The summed E-state index contributed by atoms with van der Waals surface area (Å²) in [5, 5.41) is 0. The Morgan fingerprint density at radius 1 is 1.60 bits per heavy atom. The molecular formula is C4H8Ag-. The molecule has 0 aromatic rings. The summed E-state index contributed by atoms with van der Waals surface area (Å²) >= 11 is 0. The average molecular weight is 164 g/mol. The van der Waals surface area contributed by atoms with E-state index in [1.165, 1.54) is 6.08 Å². The van der Waals surface area contributed by atoms with Gasteiger partial charge in [-0.2, -0.15) is 0 Å². The van der Waals surface area contributed by atoms with Gasteiger partial charge in [-0.3, -0.25) is 0 Å². The van der Waals surface area contributed by atoms with Crippen molar-refractivity contribution in [3.63, 3.8) is 0 Å². The van der Waals surface area contributed by atoms with Crippen LogP contribution in [0.2, 0.25) is 0 Å². The first kappa shape index (κ1) is 18.3. The Labute approximate surface area is 49.8 Å². The van der Waals surface area contributed by atoms with Gasteiger partial charge in [0.05, 0.1) is 0 Å². The molecule has 0 aliphatic heterocycles. The summed E-state index contributed by atoms with van der Waals surface area (Å²) in [5.74, 6) is 0. The summed E-state index contributed by atoms with van der Waals surface area (Å²) in [4.78, 5) is 0. The van der Waals surface area contributed by atoms with Gasteiger partial charge in [0.15, 0.2) is 0 Å². The third kappa shape index (κ3) is 196. The van der Waals surface area contributed by atoms with Gasteiger partial charge in [0, 0.05) is 0 Å². The molecule has 0 aliphatic rings. The molecular weight excluding hydrogens is 156 g/mol. The van der Waals surface area contributed by atoms with Crippen molar-refractivity contribution < 1.29 is 22.4 Å². The molecule has 0 saturated carbocycles. The maximum Gasteiger partial charge on any atom is 1.00 e. The number of rotatable bonds is 0. The van der Waals surface area contributed by atoms with E-state index in [0.29, 0.717) is 0 Å². The molecule has 0 N–H and O–H groups in total. The minimum absolute atomic E-state index is 0. The second-order valence-corrected chi connectivity index (χ2v) is 0.289. The van der Waals surface area contributed by atoms with Crippen molar-refractivity contribution in [2.45, 2.75) is 0 Å². The normalized spacial score (nSPS) is 2.40. The average Bonchev–Trinajstić information content (AvgIpc) is 0.918. The van der Waals surface area contributed by atoms with Crippen molar-refractivity contribution in [3.8, 4) is 0 Å². The first-order valence-electron chi connectivity index (χ1n) is 0.816. The van der Waals surface area contributed by atoms with Crippen molar-refractivity contribution in [1.82, 2.24) is 0 Å². The Kier molecular flexibility index (Phi) is 98.2. The second-order valence-electron chi connectivity index (χ2n) is 0.289. The molecule has 0 unspecified atom stereocenters. The van der Waals surface area contributed by atoms with E-state index in [2.05, 4.69) is 13.5 Å². The Morgan fingerprint density at radius 3 is 1.60 bits per heavy atom. The first-order chi connectivity index (χ1) is 1.41. The van der Waals surface area contributed by atoms with Crippen molar-refractivity contribution in [3.05, 3.63) is 27.0 Å².